The molecule has 1 atom stereocenters. The summed E-state index contributed by atoms with van der Waals surface area (Å²) in [6.45, 7) is 3.09. The van der Waals surface area contributed by atoms with Gasteiger partial charge in [0.2, 0.25) is 0 Å². The molecule has 2 nitrogen and oxygen atoms in total. The van der Waals surface area contributed by atoms with Crippen molar-refractivity contribution in [3.8, 4) is 0 Å². The van der Waals surface area contributed by atoms with E-state index in [-0.39, 0.29) is 0 Å². The maximum absolute atomic E-state index is 5.19. The molecule has 0 aromatic carbocycles. The molecule has 1 N–H and O–H groups in total. The fourth-order valence-electron chi connectivity index (χ4n) is 2.25. The molecule has 2 heteroatoms. The molecule has 0 saturated carbocycles. The van der Waals surface area contributed by atoms with Crippen LogP contribution in [0.25, 0.3) is 0 Å². The Bertz CT molecular complexity index is 290. The molecule has 0 amide bonds. The van der Waals surface area contributed by atoms with Crippen LogP contribution in [0.4, 0.5) is 0 Å². The molecular weight excluding hydrogens is 162 g/mol. The molecule has 1 heterocycles. The van der Waals surface area contributed by atoms with Gasteiger partial charge in [-0.25, -0.2) is 0 Å². The number of hydrogen-bond donors (Lipinski definition) is 1. The number of aromatic amines is 1. The van der Waals surface area contributed by atoms with Crippen LogP contribution in [0.1, 0.15) is 23.2 Å². The van der Waals surface area contributed by atoms with Gasteiger partial charge in [0.1, 0.15) is 0 Å². The summed E-state index contributed by atoms with van der Waals surface area (Å²) < 4.78 is 5.19. The molecular formula is C11H17NO. The van der Waals surface area contributed by atoms with Gasteiger partial charge in [-0.2, -0.15) is 0 Å². The molecule has 0 spiro atoms. The smallest absolute Gasteiger partial charge is 0.0494 e. The number of rotatable bonds is 2. The Morgan fingerprint density at radius 1 is 1.62 bits per heavy atom. The lowest BCUT2D eigenvalue weighted by atomic mass is 9.87. The van der Waals surface area contributed by atoms with Gasteiger partial charge in [-0.1, -0.05) is 0 Å². The van der Waals surface area contributed by atoms with Crippen LogP contribution in [0, 0.1) is 12.8 Å². The van der Waals surface area contributed by atoms with E-state index in [1.54, 1.807) is 12.7 Å². The molecule has 1 unspecified atom stereocenters. The van der Waals surface area contributed by atoms with Gasteiger partial charge in [0.05, 0.1) is 0 Å². The summed E-state index contributed by atoms with van der Waals surface area (Å²) in [5.41, 5.74) is 4.41. The number of methoxy groups -OCH3 is 1. The zero-order chi connectivity index (χ0) is 9.26. The number of hydrogen-bond acceptors (Lipinski definition) is 1. The third-order valence-corrected chi connectivity index (χ3v) is 3.00. The molecule has 0 fully saturated rings. The van der Waals surface area contributed by atoms with Gasteiger partial charge >= 0.3 is 0 Å². The highest BCUT2D eigenvalue weighted by Gasteiger charge is 2.20. The first-order valence-electron chi connectivity index (χ1n) is 4.96. The summed E-state index contributed by atoms with van der Waals surface area (Å²) in [5.74, 6) is 0.718. The number of nitrogens with one attached hydrogen (secondary N) is 1. The van der Waals surface area contributed by atoms with Crippen LogP contribution in [-0.4, -0.2) is 18.7 Å². The fourth-order valence-corrected chi connectivity index (χ4v) is 2.25. The summed E-state index contributed by atoms with van der Waals surface area (Å²) in [5, 5.41) is 0. The molecule has 72 valence electrons. The zero-order valence-corrected chi connectivity index (χ0v) is 8.39. The first-order chi connectivity index (χ1) is 6.31. The van der Waals surface area contributed by atoms with Crippen molar-refractivity contribution in [1.82, 2.24) is 4.98 Å². The monoisotopic (exact) mass is 179 g/mol. The van der Waals surface area contributed by atoms with E-state index < -0.39 is 0 Å². The molecule has 1 aliphatic rings. The molecule has 2 rings (SSSR count). The first-order valence-corrected chi connectivity index (χ1v) is 4.96. The zero-order valence-electron chi connectivity index (χ0n) is 8.39. The normalized spacial score (nSPS) is 21.5. The van der Waals surface area contributed by atoms with Crippen molar-refractivity contribution in [2.45, 2.75) is 26.2 Å². The molecule has 13 heavy (non-hydrogen) atoms. The molecule has 1 aliphatic carbocycles. The fraction of sp³-hybridized carbons (Fsp3) is 0.636. The van der Waals surface area contributed by atoms with E-state index in [2.05, 4.69) is 18.1 Å². The van der Waals surface area contributed by atoms with E-state index in [4.69, 9.17) is 4.74 Å². The van der Waals surface area contributed by atoms with Crippen molar-refractivity contribution in [3.05, 3.63) is 23.0 Å². The van der Waals surface area contributed by atoms with Crippen LogP contribution in [0.15, 0.2) is 6.20 Å². The van der Waals surface area contributed by atoms with Gasteiger partial charge in [0.15, 0.2) is 0 Å². The van der Waals surface area contributed by atoms with Crippen molar-refractivity contribution in [2.75, 3.05) is 13.7 Å². The molecule has 0 bridgehead atoms. The first kappa shape index (κ1) is 8.82. The van der Waals surface area contributed by atoms with Crippen LogP contribution in [0.5, 0.6) is 0 Å². The summed E-state index contributed by atoms with van der Waals surface area (Å²) in [6, 6.07) is 0. The minimum atomic E-state index is 0.718. The molecule has 1 aromatic rings. The van der Waals surface area contributed by atoms with Gasteiger partial charge < -0.3 is 9.72 Å². The average molecular weight is 179 g/mol. The Hall–Kier alpha value is -0.760. The molecule has 0 aliphatic heterocycles. The van der Waals surface area contributed by atoms with E-state index in [9.17, 15) is 0 Å². The minimum Gasteiger partial charge on any atom is -0.384 e. The maximum atomic E-state index is 5.19. The highest BCUT2D eigenvalue weighted by molar-refractivity contribution is 5.32. The summed E-state index contributed by atoms with van der Waals surface area (Å²) in [7, 11) is 1.79. The Morgan fingerprint density at radius 2 is 2.46 bits per heavy atom. The van der Waals surface area contributed by atoms with E-state index in [0.717, 1.165) is 18.9 Å². The van der Waals surface area contributed by atoms with Crippen molar-refractivity contribution in [3.63, 3.8) is 0 Å². The number of aromatic nitrogens is 1. The van der Waals surface area contributed by atoms with Crippen LogP contribution in [0.2, 0.25) is 0 Å². The lowest BCUT2D eigenvalue weighted by molar-refractivity contribution is 0.144. The topological polar surface area (TPSA) is 25.0 Å². The van der Waals surface area contributed by atoms with Crippen molar-refractivity contribution < 1.29 is 4.74 Å². The Labute approximate surface area is 79.3 Å². The highest BCUT2D eigenvalue weighted by atomic mass is 16.5. The largest absolute Gasteiger partial charge is 0.384 e. The highest BCUT2D eigenvalue weighted by Crippen LogP contribution is 2.27. The predicted molar refractivity (Wildman–Crippen MR) is 52.9 cm³/mol. The van der Waals surface area contributed by atoms with E-state index in [1.165, 1.54) is 24.1 Å². The third-order valence-electron chi connectivity index (χ3n) is 3.00. The van der Waals surface area contributed by atoms with Gasteiger partial charge in [0.25, 0.3) is 0 Å². The van der Waals surface area contributed by atoms with Crippen LogP contribution in [-0.2, 0) is 17.6 Å². The number of ether oxygens (including phenoxy) is 1. The minimum absolute atomic E-state index is 0.718. The summed E-state index contributed by atoms with van der Waals surface area (Å²) >= 11 is 0. The second kappa shape index (κ2) is 3.54. The van der Waals surface area contributed by atoms with Gasteiger partial charge in [-0.3, -0.25) is 0 Å². The van der Waals surface area contributed by atoms with E-state index >= 15 is 0 Å². The SMILES string of the molecule is COCC1CCc2c(C)c[nH]c2C1. The van der Waals surface area contributed by atoms with E-state index in [1.807, 2.05) is 0 Å². The molecule has 1 aromatic heterocycles. The Balaban J connectivity index is 2.11. The van der Waals surface area contributed by atoms with Crippen LogP contribution >= 0.6 is 0 Å². The standard InChI is InChI=1S/C11H17NO/c1-8-6-12-11-5-9(7-13-2)3-4-10(8)11/h6,9,12H,3-5,7H2,1-2H3. The lowest BCUT2D eigenvalue weighted by Gasteiger charge is -2.21. The number of fused-ring (bicyclic) bond motifs is 1. The summed E-state index contributed by atoms with van der Waals surface area (Å²) in [4.78, 5) is 3.36. The van der Waals surface area contributed by atoms with Crippen molar-refractivity contribution >= 4 is 0 Å². The van der Waals surface area contributed by atoms with Crippen molar-refractivity contribution in [2.24, 2.45) is 5.92 Å². The van der Waals surface area contributed by atoms with Gasteiger partial charge in [-0.15, -0.1) is 0 Å². The van der Waals surface area contributed by atoms with Gasteiger partial charge in [0, 0.05) is 25.6 Å². The Morgan fingerprint density at radius 3 is 3.23 bits per heavy atom. The van der Waals surface area contributed by atoms with Gasteiger partial charge in [-0.05, 0) is 43.2 Å². The predicted octanol–water partition coefficient (Wildman–Crippen LogP) is 2.07. The second-order valence-electron chi connectivity index (χ2n) is 3.99. The van der Waals surface area contributed by atoms with Crippen LogP contribution < -0.4 is 0 Å². The second-order valence-corrected chi connectivity index (χ2v) is 3.99. The number of H-pyrrole nitrogens is 1. The lowest BCUT2D eigenvalue weighted by Crippen LogP contribution is -2.18. The quantitative estimate of drug-likeness (QED) is 0.738. The maximum Gasteiger partial charge on any atom is 0.0494 e. The summed E-state index contributed by atoms with van der Waals surface area (Å²) in [6.07, 6.45) is 5.79. The molecule has 0 radical (unpaired) electrons. The number of aryl methyl sites for hydroxylation is 1. The van der Waals surface area contributed by atoms with E-state index in [0.29, 0.717) is 0 Å². The average Bonchev–Trinajstić information content (AvgIpc) is 2.48. The molecule has 0 saturated heterocycles. The van der Waals surface area contributed by atoms with Crippen molar-refractivity contribution in [1.29, 1.82) is 0 Å². The third kappa shape index (κ3) is 1.63. The Kier molecular flexibility index (Phi) is 2.40. The van der Waals surface area contributed by atoms with Crippen LogP contribution in [0.3, 0.4) is 0 Å².